The lowest BCUT2D eigenvalue weighted by Crippen LogP contribution is -2.11. The highest BCUT2D eigenvalue weighted by atomic mass is 35.5. The van der Waals surface area contributed by atoms with E-state index in [4.69, 9.17) is 46.4 Å². The van der Waals surface area contributed by atoms with Crippen molar-refractivity contribution in [3.05, 3.63) is 98.7 Å². The number of halogens is 4. The Morgan fingerprint density at radius 2 is 1.70 bits per heavy atom. The molecule has 1 unspecified atom stereocenters. The Bertz CT molecular complexity index is 1090. The topological polar surface area (TPSA) is 33.6 Å². The molecule has 0 fully saturated rings. The monoisotopic (exact) mass is 435 g/mol. The van der Waals surface area contributed by atoms with Crippen molar-refractivity contribution in [3.8, 4) is 11.1 Å². The average Bonchev–Trinajstić information content (AvgIpc) is 3.32. The van der Waals surface area contributed by atoms with Crippen LogP contribution >= 0.6 is 46.4 Å². The number of rotatable bonds is 4. The Morgan fingerprint density at radius 1 is 0.852 bits per heavy atom. The fourth-order valence-corrected chi connectivity index (χ4v) is 3.96. The number of benzene rings is 2. The van der Waals surface area contributed by atoms with Crippen LogP contribution in [0.4, 0.5) is 0 Å². The Kier molecular flexibility index (Phi) is 5.20. The van der Waals surface area contributed by atoms with Crippen molar-refractivity contribution >= 4 is 46.4 Å². The predicted molar refractivity (Wildman–Crippen MR) is 112 cm³/mol. The molecule has 2 aromatic heterocycles. The van der Waals surface area contributed by atoms with E-state index in [1.165, 1.54) is 0 Å². The van der Waals surface area contributed by atoms with Crippen LogP contribution in [-0.4, -0.2) is 14.5 Å². The van der Waals surface area contributed by atoms with Gasteiger partial charge >= 0.3 is 0 Å². The van der Waals surface area contributed by atoms with Crippen LogP contribution in [0.15, 0.2) is 67.5 Å². The van der Waals surface area contributed by atoms with E-state index in [0.717, 1.165) is 22.3 Å². The Hall–Kier alpha value is -1.91. The van der Waals surface area contributed by atoms with E-state index in [0.29, 0.717) is 20.1 Å². The van der Waals surface area contributed by atoms with Crippen LogP contribution in [0.5, 0.6) is 0 Å². The summed E-state index contributed by atoms with van der Waals surface area (Å²) in [6.07, 6.45) is 9.29. The molecule has 0 aliphatic rings. The number of aromatic amines is 1. The summed E-state index contributed by atoms with van der Waals surface area (Å²) in [6.45, 7) is 0. The molecule has 27 heavy (non-hydrogen) atoms. The van der Waals surface area contributed by atoms with Crippen LogP contribution in [0, 0.1) is 0 Å². The second-order valence-corrected chi connectivity index (χ2v) is 7.69. The van der Waals surface area contributed by atoms with Crippen LogP contribution in [0.3, 0.4) is 0 Å². The van der Waals surface area contributed by atoms with Crippen molar-refractivity contribution < 1.29 is 0 Å². The zero-order chi connectivity index (χ0) is 19.0. The molecule has 0 bridgehead atoms. The van der Waals surface area contributed by atoms with Gasteiger partial charge in [-0.3, -0.25) is 0 Å². The molecule has 0 aliphatic heterocycles. The first-order valence-electron chi connectivity index (χ1n) is 8.09. The van der Waals surface area contributed by atoms with Crippen LogP contribution in [0.25, 0.3) is 11.1 Å². The van der Waals surface area contributed by atoms with Crippen molar-refractivity contribution in [1.29, 1.82) is 0 Å². The second kappa shape index (κ2) is 7.61. The van der Waals surface area contributed by atoms with Crippen LogP contribution in [0.2, 0.25) is 20.1 Å². The third-order valence-corrected chi connectivity index (χ3v) is 5.68. The lowest BCUT2D eigenvalue weighted by Gasteiger charge is -2.21. The standard InChI is InChI=1S/C20H13Cl4N3/c21-13-2-3-14(18(23)8-13)20(27-6-5-25-11-27)16-10-26-9-15(16)12-1-4-17(22)19(24)7-12/h1-11,20,26H. The van der Waals surface area contributed by atoms with Gasteiger partial charge in [0.1, 0.15) is 0 Å². The fraction of sp³-hybridized carbons (Fsp3) is 0.0500. The minimum Gasteiger partial charge on any atom is -0.367 e. The largest absolute Gasteiger partial charge is 0.367 e. The van der Waals surface area contributed by atoms with E-state index in [9.17, 15) is 0 Å². The lowest BCUT2D eigenvalue weighted by molar-refractivity contribution is 0.679. The summed E-state index contributed by atoms with van der Waals surface area (Å²) in [7, 11) is 0. The Labute approximate surface area is 176 Å². The molecule has 1 N–H and O–H groups in total. The molecule has 1 atom stereocenters. The molecule has 2 aromatic carbocycles. The minimum absolute atomic E-state index is 0.187. The molecular formula is C20H13Cl4N3. The minimum atomic E-state index is -0.187. The van der Waals surface area contributed by atoms with E-state index < -0.39 is 0 Å². The van der Waals surface area contributed by atoms with Gasteiger partial charge in [-0.05, 0) is 35.4 Å². The summed E-state index contributed by atoms with van der Waals surface area (Å²) >= 11 is 24.9. The molecule has 136 valence electrons. The van der Waals surface area contributed by atoms with Gasteiger partial charge in [-0.1, -0.05) is 58.5 Å². The highest BCUT2D eigenvalue weighted by molar-refractivity contribution is 6.42. The predicted octanol–water partition coefficient (Wildman–Crippen LogP) is 7.13. The van der Waals surface area contributed by atoms with E-state index >= 15 is 0 Å². The lowest BCUT2D eigenvalue weighted by atomic mass is 9.94. The molecule has 0 saturated carbocycles. The van der Waals surface area contributed by atoms with Gasteiger partial charge in [0.15, 0.2) is 0 Å². The van der Waals surface area contributed by atoms with Crippen LogP contribution in [-0.2, 0) is 0 Å². The SMILES string of the molecule is Clc1ccc(C(c2c[nH]cc2-c2ccc(Cl)c(Cl)c2)n2ccnc2)c(Cl)c1. The molecule has 2 heterocycles. The first-order chi connectivity index (χ1) is 13.0. The van der Waals surface area contributed by atoms with Crippen LogP contribution < -0.4 is 0 Å². The molecule has 7 heteroatoms. The zero-order valence-corrected chi connectivity index (χ0v) is 16.9. The third-order valence-electron chi connectivity index (χ3n) is 4.38. The quantitative estimate of drug-likeness (QED) is 0.362. The normalized spacial score (nSPS) is 12.3. The number of aromatic nitrogens is 3. The summed E-state index contributed by atoms with van der Waals surface area (Å²) in [4.78, 5) is 7.39. The van der Waals surface area contributed by atoms with Gasteiger partial charge in [0, 0.05) is 46.0 Å². The molecular weight excluding hydrogens is 424 g/mol. The van der Waals surface area contributed by atoms with E-state index in [2.05, 4.69) is 9.97 Å². The number of nitrogens with zero attached hydrogens (tertiary/aromatic N) is 2. The summed E-state index contributed by atoms with van der Waals surface area (Å²) < 4.78 is 2.00. The van der Waals surface area contributed by atoms with Crippen molar-refractivity contribution in [1.82, 2.24) is 14.5 Å². The number of H-pyrrole nitrogens is 1. The van der Waals surface area contributed by atoms with Crippen molar-refractivity contribution in [2.75, 3.05) is 0 Å². The van der Waals surface area contributed by atoms with Gasteiger partial charge in [-0.2, -0.15) is 0 Å². The van der Waals surface area contributed by atoms with Gasteiger partial charge in [0.2, 0.25) is 0 Å². The smallest absolute Gasteiger partial charge is 0.0954 e. The van der Waals surface area contributed by atoms with E-state index in [-0.39, 0.29) is 6.04 Å². The molecule has 0 saturated heterocycles. The van der Waals surface area contributed by atoms with E-state index in [1.807, 2.05) is 47.4 Å². The Morgan fingerprint density at radius 3 is 2.41 bits per heavy atom. The summed E-state index contributed by atoms with van der Waals surface area (Å²) in [5.41, 5.74) is 3.89. The highest BCUT2D eigenvalue weighted by Crippen LogP contribution is 2.39. The molecule has 0 radical (unpaired) electrons. The van der Waals surface area contributed by atoms with Crippen molar-refractivity contribution in [2.24, 2.45) is 0 Å². The average molecular weight is 437 g/mol. The Balaban J connectivity index is 1.90. The van der Waals surface area contributed by atoms with Gasteiger partial charge in [-0.25, -0.2) is 4.98 Å². The maximum absolute atomic E-state index is 6.54. The van der Waals surface area contributed by atoms with Crippen molar-refractivity contribution in [2.45, 2.75) is 6.04 Å². The summed E-state index contributed by atoms with van der Waals surface area (Å²) in [6, 6.07) is 10.9. The first kappa shape index (κ1) is 18.5. The first-order valence-corrected chi connectivity index (χ1v) is 9.60. The molecule has 0 aliphatic carbocycles. The maximum atomic E-state index is 6.54. The van der Waals surface area contributed by atoms with Crippen molar-refractivity contribution in [3.63, 3.8) is 0 Å². The molecule has 3 nitrogen and oxygen atoms in total. The molecule has 4 aromatic rings. The molecule has 0 amide bonds. The molecule has 0 spiro atoms. The highest BCUT2D eigenvalue weighted by Gasteiger charge is 2.23. The van der Waals surface area contributed by atoms with Crippen LogP contribution in [0.1, 0.15) is 17.2 Å². The van der Waals surface area contributed by atoms with E-state index in [1.54, 1.807) is 24.7 Å². The van der Waals surface area contributed by atoms with Gasteiger partial charge in [-0.15, -0.1) is 0 Å². The number of nitrogens with one attached hydrogen (secondary N) is 1. The molecule has 4 rings (SSSR count). The van der Waals surface area contributed by atoms with Gasteiger partial charge in [0.05, 0.1) is 22.4 Å². The van der Waals surface area contributed by atoms with Gasteiger partial charge in [0.25, 0.3) is 0 Å². The maximum Gasteiger partial charge on any atom is 0.0954 e. The zero-order valence-electron chi connectivity index (χ0n) is 13.8. The summed E-state index contributed by atoms with van der Waals surface area (Å²) in [5, 5.41) is 2.20. The number of imidazole rings is 1. The number of hydrogen-bond acceptors (Lipinski definition) is 1. The third kappa shape index (κ3) is 3.61. The fourth-order valence-electron chi connectivity index (χ4n) is 3.15. The second-order valence-electron chi connectivity index (χ2n) is 6.03. The van der Waals surface area contributed by atoms with Gasteiger partial charge < -0.3 is 9.55 Å². The number of hydrogen-bond donors (Lipinski definition) is 1. The summed E-state index contributed by atoms with van der Waals surface area (Å²) in [5.74, 6) is 0.